The maximum Gasteiger partial charge on any atom is 0.227 e. The van der Waals surface area contributed by atoms with E-state index < -0.39 is 11.7 Å². The molecule has 1 atom stereocenters. The molecule has 1 aromatic heterocycles. The predicted molar refractivity (Wildman–Crippen MR) is 102 cm³/mol. The Morgan fingerprint density at radius 3 is 2.58 bits per heavy atom. The number of carbonyl (C=O) groups is 1. The Hall–Kier alpha value is -1.66. The lowest BCUT2D eigenvalue weighted by molar-refractivity contribution is -0.135. The Bertz CT molecular complexity index is 748. The highest BCUT2D eigenvalue weighted by atomic mass is 35.5. The van der Waals surface area contributed by atoms with E-state index in [0.29, 0.717) is 21.2 Å². The van der Waals surface area contributed by atoms with Crippen molar-refractivity contribution in [3.8, 4) is 0 Å². The zero-order valence-electron chi connectivity index (χ0n) is 14.7. The van der Waals surface area contributed by atoms with E-state index in [0.717, 1.165) is 0 Å². The number of hydrogen-bond donors (Lipinski definition) is 2. The lowest BCUT2D eigenvalue weighted by Gasteiger charge is -2.31. The molecule has 1 aromatic carbocycles. The number of pyridine rings is 1. The summed E-state index contributed by atoms with van der Waals surface area (Å²) in [6.45, 7) is 3.37. The van der Waals surface area contributed by atoms with Crippen LogP contribution in [-0.2, 0) is 11.2 Å². The van der Waals surface area contributed by atoms with Gasteiger partial charge < -0.3 is 15.1 Å². The molecule has 0 saturated heterocycles. The highest BCUT2D eigenvalue weighted by molar-refractivity contribution is 6.42. The lowest BCUT2D eigenvalue weighted by Crippen LogP contribution is -2.44. The number of rotatable bonds is 7. The third-order valence-electron chi connectivity index (χ3n) is 3.73. The molecular weight excluding hydrogens is 375 g/mol. The molecule has 0 aliphatic carbocycles. The quantitative estimate of drug-likeness (QED) is 0.752. The molecule has 1 unspecified atom stereocenters. The first-order chi connectivity index (χ1) is 12.2. The molecule has 0 radical (unpaired) electrons. The van der Waals surface area contributed by atoms with E-state index in [1.807, 2.05) is 0 Å². The van der Waals surface area contributed by atoms with Gasteiger partial charge in [-0.1, -0.05) is 35.3 Å². The molecule has 0 spiro atoms. The molecule has 26 heavy (non-hydrogen) atoms. The summed E-state index contributed by atoms with van der Waals surface area (Å²) >= 11 is 11.9. The second-order valence-electron chi connectivity index (χ2n) is 6.81. The van der Waals surface area contributed by atoms with Crippen molar-refractivity contribution in [1.29, 1.82) is 0 Å². The molecule has 2 N–H and O–H groups in total. The van der Waals surface area contributed by atoms with Gasteiger partial charge in [0.25, 0.3) is 0 Å². The largest absolute Gasteiger partial charge is 0.389 e. The molecule has 2 rings (SSSR count). The van der Waals surface area contributed by atoms with E-state index in [1.54, 1.807) is 56.6 Å². The summed E-state index contributed by atoms with van der Waals surface area (Å²) in [7, 11) is 0. The van der Waals surface area contributed by atoms with Crippen LogP contribution in [0.1, 0.15) is 31.1 Å². The summed E-state index contributed by atoms with van der Waals surface area (Å²) in [5, 5.41) is 21.4. The van der Waals surface area contributed by atoms with Crippen LogP contribution in [0.25, 0.3) is 0 Å². The minimum absolute atomic E-state index is 0.0514. The molecule has 1 heterocycles. The second-order valence-corrected chi connectivity index (χ2v) is 7.63. The Morgan fingerprint density at radius 2 is 2.00 bits per heavy atom. The minimum atomic E-state index is -1.10. The first kappa shape index (κ1) is 20.6. The van der Waals surface area contributed by atoms with Crippen molar-refractivity contribution in [3.63, 3.8) is 0 Å². The number of hydrogen-bond acceptors (Lipinski definition) is 4. The van der Waals surface area contributed by atoms with Crippen LogP contribution >= 0.6 is 23.2 Å². The summed E-state index contributed by atoms with van der Waals surface area (Å²) in [6, 6.07) is 8.46. The van der Waals surface area contributed by atoms with Crippen LogP contribution in [0.4, 0.5) is 0 Å². The fourth-order valence-corrected chi connectivity index (χ4v) is 2.87. The Labute approximate surface area is 163 Å². The third kappa shape index (κ3) is 6.25. The maximum absolute atomic E-state index is 12.8. The molecule has 140 valence electrons. The summed E-state index contributed by atoms with van der Waals surface area (Å²) in [6.07, 6.45) is 2.35. The molecule has 0 saturated carbocycles. The number of carbonyl (C=O) groups excluding carboxylic acids is 1. The van der Waals surface area contributed by atoms with Gasteiger partial charge in [0.1, 0.15) is 0 Å². The predicted octanol–water partition coefficient (Wildman–Crippen LogP) is 3.26. The van der Waals surface area contributed by atoms with Gasteiger partial charge in [-0.05, 0) is 37.6 Å². The average Bonchev–Trinajstić information content (AvgIpc) is 2.57. The minimum Gasteiger partial charge on any atom is -0.389 e. The van der Waals surface area contributed by atoms with Gasteiger partial charge in [0.2, 0.25) is 5.91 Å². The number of benzene rings is 1. The van der Waals surface area contributed by atoms with Crippen molar-refractivity contribution in [3.05, 3.63) is 63.9 Å². The molecule has 1 amide bonds. The van der Waals surface area contributed by atoms with Crippen LogP contribution in [0.2, 0.25) is 10.0 Å². The highest BCUT2D eigenvalue weighted by Gasteiger charge is 2.25. The van der Waals surface area contributed by atoms with Gasteiger partial charge in [-0.2, -0.15) is 0 Å². The van der Waals surface area contributed by atoms with Crippen LogP contribution < -0.4 is 0 Å². The van der Waals surface area contributed by atoms with Crippen LogP contribution in [0.5, 0.6) is 0 Å². The molecule has 5 nitrogen and oxygen atoms in total. The number of amides is 1. The van der Waals surface area contributed by atoms with E-state index in [4.69, 9.17) is 23.2 Å². The van der Waals surface area contributed by atoms with Gasteiger partial charge in [0.15, 0.2) is 0 Å². The molecule has 7 heteroatoms. The van der Waals surface area contributed by atoms with Crippen LogP contribution in [0, 0.1) is 0 Å². The smallest absolute Gasteiger partial charge is 0.227 e. The zero-order valence-corrected chi connectivity index (χ0v) is 16.2. The summed E-state index contributed by atoms with van der Waals surface area (Å²) in [5.41, 5.74) is 0.221. The highest BCUT2D eigenvalue weighted by Crippen LogP contribution is 2.23. The molecule has 0 aliphatic rings. The van der Waals surface area contributed by atoms with E-state index in [2.05, 4.69) is 4.98 Å². The Balaban J connectivity index is 2.14. The van der Waals surface area contributed by atoms with E-state index in [-0.39, 0.29) is 25.4 Å². The van der Waals surface area contributed by atoms with Gasteiger partial charge in [-0.15, -0.1) is 0 Å². The SMILES string of the molecule is CC(C)(O)CN(CC(O)c1cccnc1)C(=O)Cc1ccc(Cl)c(Cl)c1. The molecule has 0 fully saturated rings. The van der Waals surface area contributed by atoms with Gasteiger partial charge in [0, 0.05) is 24.5 Å². The van der Waals surface area contributed by atoms with Crippen molar-refractivity contribution < 1.29 is 15.0 Å². The average molecular weight is 397 g/mol. The number of halogens is 2. The van der Waals surface area contributed by atoms with Crippen molar-refractivity contribution in [2.45, 2.75) is 32.0 Å². The second kappa shape index (κ2) is 8.82. The topological polar surface area (TPSA) is 73.7 Å². The van der Waals surface area contributed by atoms with Crippen LogP contribution in [0.3, 0.4) is 0 Å². The van der Waals surface area contributed by atoms with Gasteiger partial charge in [0.05, 0.1) is 34.7 Å². The van der Waals surface area contributed by atoms with E-state index in [1.165, 1.54) is 4.90 Å². The fourth-order valence-electron chi connectivity index (χ4n) is 2.54. The van der Waals surface area contributed by atoms with Crippen molar-refractivity contribution in [2.75, 3.05) is 13.1 Å². The van der Waals surface area contributed by atoms with Crippen molar-refractivity contribution in [2.24, 2.45) is 0 Å². The summed E-state index contributed by atoms with van der Waals surface area (Å²) in [4.78, 5) is 18.2. The number of aliphatic hydroxyl groups is 2. The Morgan fingerprint density at radius 1 is 1.27 bits per heavy atom. The van der Waals surface area contributed by atoms with Gasteiger partial charge in [-0.3, -0.25) is 9.78 Å². The van der Waals surface area contributed by atoms with E-state index >= 15 is 0 Å². The monoisotopic (exact) mass is 396 g/mol. The first-order valence-electron chi connectivity index (χ1n) is 8.18. The van der Waals surface area contributed by atoms with Crippen molar-refractivity contribution in [1.82, 2.24) is 9.88 Å². The molecular formula is C19H22Cl2N2O3. The molecule has 0 bridgehead atoms. The Kier molecular flexibility index (Phi) is 7.01. The molecule has 2 aromatic rings. The lowest BCUT2D eigenvalue weighted by atomic mass is 10.1. The fraction of sp³-hybridized carbons (Fsp3) is 0.368. The van der Waals surface area contributed by atoms with Crippen molar-refractivity contribution >= 4 is 29.1 Å². The number of aromatic nitrogens is 1. The van der Waals surface area contributed by atoms with Crippen LogP contribution in [0.15, 0.2) is 42.7 Å². The normalized spacial score (nSPS) is 12.7. The zero-order chi connectivity index (χ0) is 19.3. The summed E-state index contributed by atoms with van der Waals surface area (Å²) < 4.78 is 0. The van der Waals surface area contributed by atoms with E-state index in [9.17, 15) is 15.0 Å². The standard InChI is InChI=1S/C19H22Cl2N2O3/c1-19(2,26)12-23(11-17(24)14-4-3-7-22-10-14)18(25)9-13-5-6-15(20)16(21)8-13/h3-8,10,17,24,26H,9,11-12H2,1-2H3. The number of aliphatic hydroxyl groups excluding tert-OH is 1. The number of nitrogens with zero attached hydrogens (tertiary/aromatic N) is 2. The molecule has 0 aliphatic heterocycles. The maximum atomic E-state index is 12.8. The third-order valence-corrected chi connectivity index (χ3v) is 4.47. The van der Waals surface area contributed by atoms with Gasteiger partial charge >= 0.3 is 0 Å². The van der Waals surface area contributed by atoms with Gasteiger partial charge in [-0.25, -0.2) is 0 Å². The summed E-state index contributed by atoms with van der Waals surface area (Å²) in [5.74, 6) is -0.228. The van der Waals surface area contributed by atoms with Crippen LogP contribution in [-0.4, -0.2) is 44.7 Å². The first-order valence-corrected chi connectivity index (χ1v) is 8.93.